The van der Waals surface area contributed by atoms with Crippen molar-refractivity contribution < 1.29 is 4.79 Å². The van der Waals surface area contributed by atoms with E-state index in [9.17, 15) is 4.79 Å². The van der Waals surface area contributed by atoms with Crippen LogP contribution in [0.5, 0.6) is 0 Å². The van der Waals surface area contributed by atoms with E-state index in [0.717, 1.165) is 11.3 Å². The number of hydrazine groups is 1. The van der Waals surface area contributed by atoms with E-state index in [1.165, 1.54) is 11.0 Å². The molecule has 1 saturated heterocycles. The minimum Gasteiger partial charge on any atom is -0.355 e. The van der Waals surface area contributed by atoms with Gasteiger partial charge >= 0.3 is 0 Å². The molecule has 1 aliphatic rings. The summed E-state index contributed by atoms with van der Waals surface area (Å²) in [5, 5.41) is 14.0. The van der Waals surface area contributed by atoms with Gasteiger partial charge in [-0.15, -0.1) is 5.10 Å². The van der Waals surface area contributed by atoms with Gasteiger partial charge in [-0.1, -0.05) is 30.3 Å². The second kappa shape index (κ2) is 7.98. The Morgan fingerprint density at radius 1 is 1.26 bits per heavy atom. The summed E-state index contributed by atoms with van der Waals surface area (Å²) >= 11 is 0. The first kappa shape index (κ1) is 17.2. The number of nitrogens with zero attached hydrogens (tertiary/aromatic N) is 6. The highest BCUT2D eigenvalue weighted by molar-refractivity contribution is 5.79. The van der Waals surface area contributed by atoms with E-state index in [2.05, 4.69) is 41.7 Å². The summed E-state index contributed by atoms with van der Waals surface area (Å²) in [4.78, 5) is 21.4. The molecule has 0 spiro atoms. The van der Waals surface area contributed by atoms with E-state index in [1.54, 1.807) is 6.20 Å². The van der Waals surface area contributed by atoms with Crippen molar-refractivity contribution in [3.05, 3.63) is 54.7 Å². The standard InChI is InChI=1S/C17H19N9O/c27-17(13-10-20-23-16(13)26-11-21-24-25-26)19-9-7-15-18-8-6-14(22-15)12-4-2-1-3-5-12/h1-6,8,11,13,16,20,23H,7,9-10H2,(H,19,27). The number of rotatable bonds is 6. The zero-order valence-corrected chi connectivity index (χ0v) is 14.5. The smallest absolute Gasteiger partial charge is 0.228 e. The highest BCUT2D eigenvalue weighted by atomic mass is 16.2. The summed E-state index contributed by atoms with van der Waals surface area (Å²) in [5.74, 6) is 0.300. The fourth-order valence-corrected chi connectivity index (χ4v) is 2.99. The Kier molecular flexibility index (Phi) is 5.08. The Hall–Kier alpha value is -3.24. The number of amides is 1. The Balaban J connectivity index is 1.34. The first-order valence-electron chi connectivity index (χ1n) is 8.67. The van der Waals surface area contributed by atoms with Crippen molar-refractivity contribution in [1.82, 2.24) is 46.3 Å². The number of carbonyl (C=O) groups is 1. The molecular formula is C17H19N9O. The summed E-state index contributed by atoms with van der Waals surface area (Å²) < 4.78 is 1.52. The zero-order valence-electron chi connectivity index (χ0n) is 14.5. The van der Waals surface area contributed by atoms with Crippen molar-refractivity contribution >= 4 is 5.91 Å². The van der Waals surface area contributed by atoms with Gasteiger partial charge in [-0.2, -0.15) is 0 Å². The largest absolute Gasteiger partial charge is 0.355 e. The van der Waals surface area contributed by atoms with Gasteiger partial charge in [-0.3, -0.25) is 10.2 Å². The lowest BCUT2D eigenvalue weighted by Crippen LogP contribution is -2.38. The van der Waals surface area contributed by atoms with Gasteiger partial charge in [-0.25, -0.2) is 20.1 Å². The molecule has 2 atom stereocenters. The molecular weight excluding hydrogens is 346 g/mol. The Morgan fingerprint density at radius 3 is 2.96 bits per heavy atom. The van der Waals surface area contributed by atoms with E-state index >= 15 is 0 Å². The lowest BCUT2D eigenvalue weighted by molar-refractivity contribution is -0.125. The SMILES string of the molecule is O=C(NCCc1nccc(-c2ccccc2)n1)C1CNNC1n1cnnn1. The summed E-state index contributed by atoms with van der Waals surface area (Å²) in [6, 6.07) is 11.8. The van der Waals surface area contributed by atoms with E-state index in [-0.39, 0.29) is 18.0 Å². The monoisotopic (exact) mass is 365 g/mol. The molecule has 3 N–H and O–H groups in total. The van der Waals surface area contributed by atoms with Crippen molar-refractivity contribution in [3.63, 3.8) is 0 Å². The molecule has 0 aliphatic carbocycles. The normalized spacial score (nSPS) is 19.1. The molecule has 0 radical (unpaired) electrons. The zero-order chi connectivity index (χ0) is 18.5. The van der Waals surface area contributed by atoms with Crippen LogP contribution in [0.15, 0.2) is 48.9 Å². The maximum absolute atomic E-state index is 12.5. The van der Waals surface area contributed by atoms with Crippen LogP contribution >= 0.6 is 0 Å². The fourth-order valence-electron chi connectivity index (χ4n) is 2.99. The summed E-state index contributed by atoms with van der Waals surface area (Å²) in [6.07, 6.45) is 3.45. The molecule has 4 rings (SSSR count). The van der Waals surface area contributed by atoms with Crippen LogP contribution in [0.4, 0.5) is 0 Å². The second-order valence-corrected chi connectivity index (χ2v) is 6.13. The van der Waals surface area contributed by atoms with E-state index < -0.39 is 0 Å². The van der Waals surface area contributed by atoms with Crippen LogP contribution in [-0.2, 0) is 11.2 Å². The van der Waals surface area contributed by atoms with Crippen LogP contribution in [0.25, 0.3) is 11.3 Å². The molecule has 27 heavy (non-hydrogen) atoms. The second-order valence-electron chi connectivity index (χ2n) is 6.13. The minimum absolute atomic E-state index is 0.0767. The van der Waals surface area contributed by atoms with Gasteiger partial charge in [0.25, 0.3) is 0 Å². The number of aromatic nitrogens is 6. The van der Waals surface area contributed by atoms with Crippen LogP contribution in [0, 0.1) is 5.92 Å². The van der Waals surface area contributed by atoms with Gasteiger partial charge in [-0.05, 0) is 16.5 Å². The van der Waals surface area contributed by atoms with Crippen LogP contribution < -0.4 is 16.2 Å². The average Bonchev–Trinajstić information content (AvgIpc) is 3.40. The van der Waals surface area contributed by atoms with Crippen LogP contribution in [0.3, 0.4) is 0 Å². The van der Waals surface area contributed by atoms with Crippen molar-refractivity contribution in [2.45, 2.75) is 12.6 Å². The van der Waals surface area contributed by atoms with Gasteiger partial charge in [0, 0.05) is 31.3 Å². The molecule has 2 aromatic heterocycles. The van der Waals surface area contributed by atoms with E-state index in [1.807, 2.05) is 36.4 Å². The summed E-state index contributed by atoms with van der Waals surface area (Å²) in [7, 11) is 0. The number of tetrazole rings is 1. The molecule has 3 heterocycles. The molecule has 10 heteroatoms. The summed E-state index contributed by atoms with van der Waals surface area (Å²) in [6.45, 7) is 0.951. The average molecular weight is 365 g/mol. The molecule has 1 aliphatic heterocycles. The van der Waals surface area contributed by atoms with Gasteiger partial charge in [0.05, 0.1) is 11.6 Å². The lowest BCUT2D eigenvalue weighted by Gasteiger charge is -2.17. The number of hydrogen-bond donors (Lipinski definition) is 3. The van der Waals surface area contributed by atoms with Gasteiger partial charge in [0.15, 0.2) is 0 Å². The predicted molar refractivity (Wildman–Crippen MR) is 95.7 cm³/mol. The maximum atomic E-state index is 12.5. The lowest BCUT2D eigenvalue weighted by atomic mass is 10.1. The van der Waals surface area contributed by atoms with Crippen LogP contribution in [0.1, 0.15) is 12.0 Å². The van der Waals surface area contributed by atoms with Gasteiger partial charge in [0.1, 0.15) is 18.3 Å². The summed E-state index contributed by atoms with van der Waals surface area (Å²) in [5.41, 5.74) is 7.89. The van der Waals surface area contributed by atoms with E-state index in [4.69, 9.17) is 0 Å². The molecule has 1 fully saturated rings. The Bertz CT molecular complexity index is 884. The van der Waals surface area contributed by atoms with Crippen molar-refractivity contribution in [2.75, 3.05) is 13.1 Å². The van der Waals surface area contributed by atoms with Gasteiger partial charge < -0.3 is 5.32 Å². The number of hydrogen-bond acceptors (Lipinski definition) is 8. The predicted octanol–water partition coefficient (Wildman–Crippen LogP) is -0.288. The highest BCUT2D eigenvalue weighted by Gasteiger charge is 2.34. The van der Waals surface area contributed by atoms with Crippen LogP contribution in [-0.4, -0.2) is 49.2 Å². The van der Waals surface area contributed by atoms with E-state index in [0.29, 0.717) is 25.3 Å². The Labute approximate surface area is 155 Å². The van der Waals surface area contributed by atoms with Crippen molar-refractivity contribution in [2.24, 2.45) is 5.92 Å². The molecule has 1 amide bonds. The first-order valence-corrected chi connectivity index (χ1v) is 8.67. The van der Waals surface area contributed by atoms with Crippen molar-refractivity contribution in [1.29, 1.82) is 0 Å². The molecule has 2 unspecified atom stereocenters. The third-order valence-electron chi connectivity index (χ3n) is 4.36. The molecule has 0 saturated carbocycles. The molecule has 0 bridgehead atoms. The van der Waals surface area contributed by atoms with Gasteiger partial charge in [0.2, 0.25) is 5.91 Å². The molecule has 10 nitrogen and oxygen atoms in total. The highest BCUT2D eigenvalue weighted by Crippen LogP contribution is 2.17. The molecule has 3 aromatic rings. The topological polar surface area (TPSA) is 123 Å². The number of benzene rings is 1. The first-order chi connectivity index (χ1) is 13.3. The quantitative estimate of drug-likeness (QED) is 0.545. The van der Waals surface area contributed by atoms with Crippen LogP contribution in [0.2, 0.25) is 0 Å². The Morgan fingerprint density at radius 2 is 2.15 bits per heavy atom. The van der Waals surface area contributed by atoms with Crippen molar-refractivity contribution in [3.8, 4) is 11.3 Å². The molecule has 1 aromatic carbocycles. The minimum atomic E-state index is -0.322. The fraction of sp³-hybridized carbons (Fsp3) is 0.294. The molecule has 138 valence electrons. The number of carbonyl (C=O) groups excluding carboxylic acids is 1. The third kappa shape index (κ3) is 3.96. The maximum Gasteiger partial charge on any atom is 0.228 e. The number of nitrogens with one attached hydrogen (secondary N) is 3. The third-order valence-corrected chi connectivity index (χ3v) is 4.36.